The molecule has 0 amide bonds. The lowest BCUT2D eigenvalue weighted by molar-refractivity contribution is 0.112. The van der Waals surface area contributed by atoms with Gasteiger partial charge in [0.05, 0.1) is 5.69 Å². The average molecular weight is 300 g/mol. The molecular formula is C16H20N4O2. The molecule has 1 saturated heterocycles. The normalized spacial score (nSPS) is 16.0. The second kappa shape index (κ2) is 6.70. The summed E-state index contributed by atoms with van der Waals surface area (Å²) < 4.78 is 5.09. The Morgan fingerprint density at radius 2 is 2.09 bits per heavy atom. The number of piperazine rings is 1. The summed E-state index contributed by atoms with van der Waals surface area (Å²) >= 11 is 0. The van der Waals surface area contributed by atoms with Gasteiger partial charge >= 0.3 is 0 Å². The number of anilines is 1. The van der Waals surface area contributed by atoms with Crippen molar-refractivity contribution < 1.29 is 9.32 Å². The molecule has 2 aromatic heterocycles. The first-order valence-corrected chi connectivity index (χ1v) is 7.55. The molecule has 0 atom stereocenters. The van der Waals surface area contributed by atoms with Crippen LogP contribution in [-0.4, -0.2) is 54.1 Å². The monoisotopic (exact) mass is 300 g/mol. The summed E-state index contributed by atoms with van der Waals surface area (Å²) in [6, 6.07) is 5.72. The summed E-state index contributed by atoms with van der Waals surface area (Å²) in [7, 11) is 0. The summed E-state index contributed by atoms with van der Waals surface area (Å²) in [6.07, 6.45) is 3.37. The molecule has 0 radical (unpaired) electrons. The number of rotatable bonds is 5. The summed E-state index contributed by atoms with van der Waals surface area (Å²) in [5, 5.41) is 4.03. The highest BCUT2D eigenvalue weighted by Crippen LogP contribution is 2.14. The van der Waals surface area contributed by atoms with Crippen molar-refractivity contribution in [1.82, 2.24) is 15.0 Å². The number of carbonyl (C=O) groups excluding carboxylic acids is 1. The molecule has 22 heavy (non-hydrogen) atoms. The van der Waals surface area contributed by atoms with Crippen molar-refractivity contribution in [2.45, 2.75) is 13.3 Å². The van der Waals surface area contributed by atoms with Crippen molar-refractivity contribution in [3.8, 4) is 0 Å². The number of pyridine rings is 1. The molecule has 3 rings (SSSR count). The Balaban J connectivity index is 1.48. The van der Waals surface area contributed by atoms with E-state index in [1.807, 2.05) is 25.1 Å². The maximum atomic E-state index is 10.7. The van der Waals surface area contributed by atoms with E-state index in [9.17, 15) is 4.79 Å². The van der Waals surface area contributed by atoms with E-state index in [4.69, 9.17) is 4.52 Å². The van der Waals surface area contributed by atoms with Crippen LogP contribution in [0.2, 0.25) is 0 Å². The van der Waals surface area contributed by atoms with E-state index in [2.05, 4.69) is 19.9 Å². The number of aromatic nitrogens is 2. The Morgan fingerprint density at radius 3 is 2.68 bits per heavy atom. The smallest absolute Gasteiger partial charge is 0.151 e. The molecule has 0 bridgehead atoms. The molecule has 0 saturated carbocycles. The molecule has 0 N–H and O–H groups in total. The van der Waals surface area contributed by atoms with E-state index in [1.165, 1.54) is 0 Å². The Bertz CT molecular complexity index is 615. The molecule has 0 spiro atoms. The first kappa shape index (κ1) is 14.7. The van der Waals surface area contributed by atoms with E-state index in [-0.39, 0.29) is 0 Å². The molecule has 3 heterocycles. The molecule has 6 nitrogen and oxygen atoms in total. The zero-order valence-corrected chi connectivity index (χ0v) is 12.7. The molecule has 1 aliphatic heterocycles. The van der Waals surface area contributed by atoms with Crippen LogP contribution in [0.5, 0.6) is 0 Å². The van der Waals surface area contributed by atoms with Crippen molar-refractivity contribution in [3.63, 3.8) is 0 Å². The topological polar surface area (TPSA) is 62.5 Å². The van der Waals surface area contributed by atoms with Gasteiger partial charge in [-0.3, -0.25) is 9.69 Å². The average Bonchev–Trinajstić information content (AvgIpc) is 2.99. The van der Waals surface area contributed by atoms with Crippen LogP contribution in [0.15, 0.2) is 28.9 Å². The number of carbonyl (C=O) groups is 1. The summed E-state index contributed by atoms with van der Waals surface area (Å²) in [5.41, 5.74) is 1.64. The molecule has 2 aromatic rings. The maximum Gasteiger partial charge on any atom is 0.151 e. The van der Waals surface area contributed by atoms with Gasteiger partial charge in [-0.05, 0) is 19.1 Å². The van der Waals surface area contributed by atoms with Crippen LogP contribution in [0.4, 0.5) is 5.82 Å². The van der Waals surface area contributed by atoms with Crippen molar-refractivity contribution in [3.05, 3.63) is 41.4 Å². The summed E-state index contributed by atoms with van der Waals surface area (Å²) in [6.45, 7) is 6.83. The fraction of sp³-hybridized carbons (Fsp3) is 0.438. The Morgan fingerprint density at radius 1 is 1.27 bits per heavy atom. The first-order chi connectivity index (χ1) is 10.7. The van der Waals surface area contributed by atoms with Crippen molar-refractivity contribution >= 4 is 12.1 Å². The number of hydrogen-bond acceptors (Lipinski definition) is 6. The van der Waals surface area contributed by atoms with Crippen LogP contribution in [0.3, 0.4) is 0 Å². The van der Waals surface area contributed by atoms with E-state index >= 15 is 0 Å². The predicted molar refractivity (Wildman–Crippen MR) is 83.2 cm³/mol. The summed E-state index contributed by atoms with van der Waals surface area (Å²) in [4.78, 5) is 19.7. The van der Waals surface area contributed by atoms with Crippen LogP contribution >= 0.6 is 0 Å². The van der Waals surface area contributed by atoms with Gasteiger partial charge in [0.15, 0.2) is 6.29 Å². The lowest BCUT2D eigenvalue weighted by Gasteiger charge is -2.35. The summed E-state index contributed by atoms with van der Waals surface area (Å²) in [5.74, 6) is 1.81. The van der Waals surface area contributed by atoms with Gasteiger partial charge in [-0.2, -0.15) is 0 Å². The van der Waals surface area contributed by atoms with E-state index in [0.717, 1.165) is 62.7 Å². The van der Waals surface area contributed by atoms with Gasteiger partial charge < -0.3 is 9.42 Å². The predicted octanol–water partition coefficient (Wildman–Crippen LogP) is 1.56. The molecule has 0 unspecified atom stereocenters. The first-order valence-electron chi connectivity index (χ1n) is 7.55. The third-order valence-electron chi connectivity index (χ3n) is 3.96. The van der Waals surface area contributed by atoms with Crippen molar-refractivity contribution in [2.75, 3.05) is 37.6 Å². The zero-order valence-electron chi connectivity index (χ0n) is 12.7. The number of hydrogen-bond donors (Lipinski definition) is 0. The Hall–Kier alpha value is -2.21. The molecule has 1 fully saturated rings. The third kappa shape index (κ3) is 3.51. The van der Waals surface area contributed by atoms with E-state index < -0.39 is 0 Å². The van der Waals surface area contributed by atoms with Crippen LogP contribution < -0.4 is 4.90 Å². The lowest BCUT2D eigenvalue weighted by Crippen LogP contribution is -2.47. The highest BCUT2D eigenvalue weighted by Gasteiger charge is 2.18. The van der Waals surface area contributed by atoms with Gasteiger partial charge in [0.25, 0.3) is 0 Å². The van der Waals surface area contributed by atoms with Crippen LogP contribution in [0.25, 0.3) is 0 Å². The molecule has 0 aromatic carbocycles. The van der Waals surface area contributed by atoms with Gasteiger partial charge in [-0.25, -0.2) is 4.98 Å². The second-order valence-corrected chi connectivity index (χ2v) is 5.58. The van der Waals surface area contributed by atoms with Gasteiger partial charge in [0, 0.05) is 57.0 Å². The van der Waals surface area contributed by atoms with E-state index in [0.29, 0.717) is 5.56 Å². The molecule has 6 heteroatoms. The number of aldehydes is 1. The standard InChI is InChI=1S/C16H20N4O2/c1-13-10-15(18-22-13)4-5-19-6-8-20(9-7-19)16-3-2-14(12-21)11-17-16/h2-3,10-12H,4-9H2,1H3. The largest absolute Gasteiger partial charge is 0.361 e. The van der Waals surface area contributed by atoms with Crippen molar-refractivity contribution in [2.24, 2.45) is 0 Å². The van der Waals surface area contributed by atoms with Crippen LogP contribution in [0.1, 0.15) is 21.8 Å². The van der Waals surface area contributed by atoms with Gasteiger partial charge in [0.1, 0.15) is 11.6 Å². The quantitative estimate of drug-likeness (QED) is 0.781. The van der Waals surface area contributed by atoms with E-state index in [1.54, 1.807) is 6.20 Å². The number of aryl methyl sites for hydroxylation is 1. The van der Waals surface area contributed by atoms with Crippen LogP contribution in [0, 0.1) is 6.92 Å². The van der Waals surface area contributed by atoms with Gasteiger partial charge in [-0.15, -0.1) is 0 Å². The van der Waals surface area contributed by atoms with Gasteiger partial charge in [0.2, 0.25) is 0 Å². The lowest BCUT2D eigenvalue weighted by atomic mass is 10.2. The van der Waals surface area contributed by atoms with Crippen molar-refractivity contribution in [1.29, 1.82) is 0 Å². The highest BCUT2D eigenvalue weighted by molar-refractivity contribution is 5.74. The Labute approximate surface area is 129 Å². The zero-order chi connectivity index (χ0) is 15.4. The van der Waals surface area contributed by atoms with Crippen LogP contribution in [-0.2, 0) is 6.42 Å². The van der Waals surface area contributed by atoms with Gasteiger partial charge in [-0.1, -0.05) is 5.16 Å². The highest BCUT2D eigenvalue weighted by atomic mass is 16.5. The molecule has 0 aliphatic carbocycles. The third-order valence-corrected chi connectivity index (χ3v) is 3.96. The minimum atomic E-state index is 0.616. The Kier molecular flexibility index (Phi) is 4.48. The molecule has 1 aliphatic rings. The fourth-order valence-corrected chi connectivity index (χ4v) is 2.66. The maximum absolute atomic E-state index is 10.7. The molecular weight excluding hydrogens is 280 g/mol. The number of nitrogens with zero attached hydrogens (tertiary/aromatic N) is 4. The second-order valence-electron chi connectivity index (χ2n) is 5.58. The SMILES string of the molecule is Cc1cc(CCN2CCN(c3ccc(C=O)cn3)CC2)no1. The molecule has 116 valence electrons. The minimum Gasteiger partial charge on any atom is -0.361 e. The fourth-order valence-electron chi connectivity index (χ4n) is 2.66. The minimum absolute atomic E-state index is 0.616.